The third-order valence-corrected chi connectivity index (χ3v) is 4.67. The van der Waals surface area contributed by atoms with Crippen molar-refractivity contribution < 1.29 is 13.9 Å². The molecule has 1 aromatic carbocycles. The van der Waals surface area contributed by atoms with Crippen LogP contribution >= 0.6 is 0 Å². The van der Waals surface area contributed by atoms with E-state index in [1.54, 1.807) is 13.1 Å². The summed E-state index contributed by atoms with van der Waals surface area (Å²) in [5.74, 6) is 0.597. The van der Waals surface area contributed by atoms with E-state index in [4.69, 9.17) is 9.47 Å². The zero-order valence-electron chi connectivity index (χ0n) is 16.0. The van der Waals surface area contributed by atoms with Crippen LogP contribution in [0.3, 0.4) is 0 Å². The summed E-state index contributed by atoms with van der Waals surface area (Å²) in [6.07, 6.45) is 4.24. The number of ether oxygens (including phenoxy) is 2. The summed E-state index contributed by atoms with van der Waals surface area (Å²) in [6, 6.07) is 7.05. The molecule has 1 aliphatic carbocycles. The first-order valence-electron chi connectivity index (χ1n) is 9.57. The Morgan fingerprint density at radius 1 is 1.12 bits per heavy atom. The molecule has 0 amide bonds. The molecule has 0 bridgehead atoms. The lowest BCUT2D eigenvalue weighted by Crippen LogP contribution is -2.42. The van der Waals surface area contributed by atoms with Gasteiger partial charge in [0.05, 0.1) is 19.8 Å². The Kier molecular flexibility index (Phi) is 8.85. The molecule has 5 nitrogen and oxygen atoms in total. The average Bonchev–Trinajstić information content (AvgIpc) is 3.44. The van der Waals surface area contributed by atoms with E-state index >= 15 is 0 Å². The van der Waals surface area contributed by atoms with Crippen molar-refractivity contribution in [2.75, 3.05) is 46.6 Å². The van der Waals surface area contributed by atoms with E-state index < -0.39 is 0 Å². The van der Waals surface area contributed by atoms with Gasteiger partial charge in [0.1, 0.15) is 5.82 Å². The Bertz CT molecular complexity index is 562. The Labute approximate surface area is 156 Å². The molecule has 0 atom stereocenters. The molecule has 6 heteroatoms. The lowest BCUT2D eigenvalue weighted by molar-refractivity contribution is 0.0487. The van der Waals surface area contributed by atoms with Crippen LogP contribution in [0.5, 0.6) is 0 Å². The Balaban J connectivity index is 1.61. The van der Waals surface area contributed by atoms with Crippen LogP contribution in [0.15, 0.2) is 29.3 Å². The van der Waals surface area contributed by atoms with E-state index in [1.165, 1.54) is 6.07 Å². The normalized spacial score (nSPS) is 15.7. The fourth-order valence-electron chi connectivity index (χ4n) is 2.87. The Morgan fingerprint density at radius 2 is 1.85 bits per heavy atom. The number of unbranched alkanes of at least 4 members (excludes halogenated alkanes) is 1. The van der Waals surface area contributed by atoms with Crippen molar-refractivity contribution in [1.82, 2.24) is 10.6 Å². The molecule has 0 spiro atoms. The summed E-state index contributed by atoms with van der Waals surface area (Å²) in [7, 11) is 1.74. The number of rotatable bonds is 12. The van der Waals surface area contributed by atoms with Gasteiger partial charge in [-0.1, -0.05) is 31.5 Å². The first kappa shape index (κ1) is 20.6. The summed E-state index contributed by atoms with van der Waals surface area (Å²) in [4.78, 5) is 4.22. The molecule has 1 saturated carbocycles. The molecule has 0 aromatic heterocycles. The monoisotopic (exact) mass is 365 g/mol. The highest BCUT2D eigenvalue weighted by atomic mass is 19.1. The second-order valence-electron chi connectivity index (χ2n) is 6.69. The van der Waals surface area contributed by atoms with Crippen molar-refractivity contribution in [3.8, 4) is 0 Å². The highest BCUT2D eigenvalue weighted by Gasteiger charge is 2.45. The standard InChI is InChI=1S/C20H32FN3O2/c1-3-4-12-25-14-15-26-13-11-23-19(22-2)24-16-20(9-10-20)17-7-5-6-8-18(17)21/h5-8H,3-4,9-16H2,1-2H3,(H2,22,23,24). The van der Waals surface area contributed by atoms with Crippen molar-refractivity contribution >= 4 is 5.96 Å². The molecule has 0 heterocycles. The van der Waals surface area contributed by atoms with Gasteiger partial charge in [0.25, 0.3) is 0 Å². The Hall–Kier alpha value is -1.66. The summed E-state index contributed by atoms with van der Waals surface area (Å²) in [5.41, 5.74) is 0.698. The van der Waals surface area contributed by atoms with Gasteiger partial charge in [-0.15, -0.1) is 0 Å². The van der Waals surface area contributed by atoms with E-state index in [-0.39, 0.29) is 11.2 Å². The molecule has 1 fully saturated rings. The van der Waals surface area contributed by atoms with E-state index in [1.807, 2.05) is 12.1 Å². The summed E-state index contributed by atoms with van der Waals surface area (Å²) >= 11 is 0. The molecular formula is C20H32FN3O2. The molecule has 0 unspecified atom stereocenters. The van der Waals surface area contributed by atoms with E-state index in [0.29, 0.717) is 32.9 Å². The number of benzene rings is 1. The van der Waals surface area contributed by atoms with Gasteiger partial charge in [0.15, 0.2) is 5.96 Å². The van der Waals surface area contributed by atoms with Gasteiger partial charge in [-0.2, -0.15) is 0 Å². The van der Waals surface area contributed by atoms with Gasteiger partial charge < -0.3 is 20.1 Å². The van der Waals surface area contributed by atoms with Crippen molar-refractivity contribution in [3.63, 3.8) is 0 Å². The molecule has 0 saturated heterocycles. The maximum absolute atomic E-state index is 14.1. The van der Waals surface area contributed by atoms with Crippen LogP contribution in [-0.2, 0) is 14.9 Å². The molecule has 26 heavy (non-hydrogen) atoms. The van der Waals surface area contributed by atoms with Crippen LogP contribution in [0.1, 0.15) is 38.2 Å². The van der Waals surface area contributed by atoms with Crippen LogP contribution in [0.2, 0.25) is 0 Å². The SMILES string of the molecule is CCCCOCCOCCNC(=NC)NCC1(c2ccccc2F)CC1. The maximum atomic E-state index is 14.1. The number of nitrogens with zero attached hydrogens (tertiary/aromatic N) is 1. The first-order chi connectivity index (χ1) is 12.7. The molecule has 2 N–H and O–H groups in total. The highest BCUT2D eigenvalue weighted by molar-refractivity contribution is 5.79. The van der Waals surface area contributed by atoms with Crippen LogP contribution in [0.25, 0.3) is 0 Å². The third-order valence-electron chi connectivity index (χ3n) is 4.67. The largest absolute Gasteiger partial charge is 0.379 e. The number of nitrogens with one attached hydrogen (secondary N) is 2. The topological polar surface area (TPSA) is 54.9 Å². The number of aliphatic imine (C=N–C) groups is 1. The molecule has 1 aromatic rings. The summed E-state index contributed by atoms with van der Waals surface area (Å²) in [5, 5.41) is 6.54. The molecule has 146 valence electrons. The number of hydrogen-bond acceptors (Lipinski definition) is 3. The van der Waals surface area contributed by atoms with Crippen LogP contribution in [0, 0.1) is 5.82 Å². The quantitative estimate of drug-likeness (QED) is 0.340. The van der Waals surface area contributed by atoms with Crippen molar-refractivity contribution in [3.05, 3.63) is 35.6 Å². The predicted molar refractivity (Wildman–Crippen MR) is 103 cm³/mol. The average molecular weight is 365 g/mol. The maximum Gasteiger partial charge on any atom is 0.191 e. The minimum Gasteiger partial charge on any atom is -0.379 e. The lowest BCUT2D eigenvalue weighted by atomic mass is 9.95. The molecular weight excluding hydrogens is 333 g/mol. The number of hydrogen-bond donors (Lipinski definition) is 2. The van der Waals surface area contributed by atoms with Crippen molar-refractivity contribution in [2.24, 2.45) is 4.99 Å². The predicted octanol–water partition coefficient (Wildman–Crippen LogP) is 2.86. The number of guanidine groups is 1. The second-order valence-corrected chi connectivity index (χ2v) is 6.69. The van der Waals surface area contributed by atoms with E-state index in [0.717, 1.165) is 43.8 Å². The zero-order chi connectivity index (χ0) is 18.7. The van der Waals surface area contributed by atoms with Crippen LogP contribution < -0.4 is 10.6 Å². The van der Waals surface area contributed by atoms with E-state index in [9.17, 15) is 4.39 Å². The molecule has 2 rings (SSSR count). The Morgan fingerprint density at radius 3 is 2.50 bits per heavy atom. The van der Waals surface area contributed by atoms with Gasteiger partial charge in [0, 0.05) is 32.2 Å². The fraction of sp³-hybridized carbons (Fsp3) is 0.650. The smallest absolute Gasteiger partial charge is 0.191 e. The minimum absolute atomic E-state index is 0.102. The van der Waals surface area contributed by atoms with Gasteiger partial charge in [0.2, 0.25) is 0 Å². The lowest BCUT2D eigenvalue weighted by Gasteiger charge is -2.19. The summed E-state index contributed by atoms with van der Waals surface area (Å²) in [6.45, 7) is 6.13. The third kappa shape index (κ3) is 6.57. The van der Waals surface area contributed by atoms with Gasteiger partial charge in [-0.05, 0) is 30.9 Å². The molecule has 0 aliphatic heterocycles. The zero-order valence-corrected chi connectivity index (χ0v) is 16.0. The van der Waals surface area contributed by atoms with E-state index in [2.05, 4.69) is 22.5 Å². The molecule has 1 aliphatic rings. The van der Waals surface area contributed by atoms with Crippen molar-refractivity contribution in [1.29, 1.82) is 0 Å². The van der Waals surface area contributed by atoms with Crippen LogP contribution in [-0.4, -0.2) is 52.5 Å². The number of halogens is 1. The van der Waals surface area contributed by atoms with Crippen LogP contribution in [0.4, 0.5) is 4.39 Å². The van der Waals surface area contributed by atoms with Gasteiger partial charge >= 0.3 is 0 Å². The highest BCUT2D eigenvalue weighted by Crippen LogP contribution is 2.48. The second kappa shape index (κ2) is 11.1. The summed E-state index contributed by atoms with van der Waals surface area (Å²) < 4.78 is 25.0. The minimum atomic E-state index is -0.121. The fourth-order valence-corrected chi connectivity index (χ4v) is 2.87. The first-order valence-corrected chi connectivity index (χ1v) is 9.57. The van der Waals surface area contributed by atoms with Crippen molar-refractivity contribution in [2.45, 2.75) is 38.0 Å². The molecule has 0 radical (unpaired) electrons. The van der Waals surface area contributed by atoms with Gasteiger partial charge in [-0.3, -0.25) is 4.99 Å². The van der Waals surface area contributed by atoms with Gasteiger partial charge in [-0.25, -0.2) is 4.39 Å².